The fourth-order valence-corrected chi connectivity index (χ4v) is 5.84. The van der Waals surface area contributed by atoms with Crippen molar-refractivity contribution in [3.63, 3.8) is 0 Å². The molecule has 3 rings (SSSR count). The third-order valence-corrected chi connectivity index (χ3v) is 7.62. The van der Waals surface area contributed by atoms with Crippen LogP contribution in [0.2, 0.25) is 5.02 Å². The normalized spacial score (nSPS) is 22.2. The lowest BCUT2D eigenvalue weighted by Crippen LogP contribution is -2.27. The van der Waals surface area contributed by atoms with E-state index in [9.17, 15) is 8.42 Å². The van der Waals surface area contributed by atoms with Crippen LogP contribution in [0.5, 0.6) is 0 Å². The van der Waals surface area contributed by atoms with Gasteiger partial charge in [-0.15, -0.1) is 0 Å². The molecule has 0 radical (unpaired) electrons. The van der Waals surface area contributed by atoms with E-state index in [2.05, 4.69) is 9.88 Å². The molecular formula is C18H25ClN2O3S. The number of benzene rings is 1. The predicted octanol–water partition coefficient (Wildman–Crippen LogP) is 4.04. The van der Waals surface area contributed by atoms with Crippen LogP contribution in [0.15, 0.2) is 21.4 Å². The van der Waals surface area contributed by atoms with E-state index in [1.165, 1.54) is 0 Å². The second kappa shape index (κ2) is 6.25. The summed E-state index contributed by atoms with van der Waals surface area (Å²) in [4.78, 5) is 6.65. The summed E-state index contributed by atoms with van der Waals surface area (Å²) in [7, 11) is 0.384. The van der Waals surface area contributed by atoms with Crippen molar-refractivity contribution in [2.45, 2.75) is 61.6 Å². The van der Waals surface area contributed by atoms with Gasteiger partial charge in [-0.3, -0.25) is 0 Å². The Bertz CT molecular complexity index is 897. The second-order valence-corrected chi connectivity index (χ2v) is 10.7. The van der Waals surface area contributed by atoms with Crippen LogP contribution in [0.1, 0.15) is 45.9 Å². The lowest BCUT2D eigenvalue weighted by atomic mass is 9.97. The summed E-state index contributed by atoms with van der Waals surface area (Å²) in [6.07, 6.45) is 2.12. The molecule has 0 amide bonds. The van der Waals surface area contributed by atoms with Crippen molar-refractivity contribution in [3.8, 4) is 0 Å². The zero-order valence-corrected chi connectivity index (χ0v) is 16.9. The van der Waals surface area contributed by atoms with Gasteiger partial charge in [0, 0.05) is 11.5 Å². The van der Waals surface area contributed by atoms with Crippen molar-refractivity contribution in [1.82, 2.24) is 9.88 Å². The fraction of sp³-hybridized carbons (Fsp3) is 0.611. The van der Waals surface area contributed by atoms with Gasteiger partial charge in [0.2, 0.25) is 5.89 Å². The Balaban J connectivity index is 2.11. The van der Waals surface area contributed by atoms with Crippen molar-refractivity contribution in [1.29, 1.82) is 0 Å². The number of rotatable bonds is 3. The van der Waals surface area contributed by atoms with Crippen LogP contribution < -0.4 is 0 Å². The van der Waals surface area contributed by atoms with E-state index in [1.807, 2.05) is 34.9 Å². The van der Waals surface area contributed by atoms with Crippen LogP contribution in [0.4, 0.5) is 0 Å². The number of aromatic nitrogens is 1. The predicted molar refractivity (Wildman–Crippen MR) is 100 cm³/mol. The number of hydrogen-bond acceptors (Lipinski definition) is 5. The van der Waals surface area contributed by atoms with Gasteiger partial charge in [-0.1, -0.05) is 32.4 Å². The number of oxazole rings is 1. The Morgan fingerprint density at radius 2 is 1.92 bits per heavy atom. The minimum Gasteiger partial charge on any atom is -0.439 e. The maximum absolute atomic E-state index is 13.3. The van der Waals surface area contributed by atoms with Crippen LogP contribution >= 0.6 is 11.6 Å². The van der Waals surface area contributed by atoms with Crippen LogP contribution in [-0.2, 0) is 15.3 Å². The molecule has 1 fully saturated rings. The van der Waals surface area contributed by atoms with E-state index in [1.54, 1.807) is 12.1 Å². The highest BCUT2D eigenvalue weighted by molar-refractivity contribution is 7.92. The molecule has 2 aromatic rings. The third kappa shape index (κ3) is 3.32. The minimum atomic E-state index is -3.59. The molecule has 5 nitrogen and oxygen atoms in total. The molecule has 2 unspecified atom stereocenters. The monoisotopic (exact) mass is 384 g/mol. The number of hydrogen-bond donors (Lipinski definition) is 0. The van der Waals surface area contributed by atoms with Gasteiger partial charge in [0.15, 0.2) is 15.4 Å². The quantitative estimate of drug-likeness (QED) is 0.799. The van der Waals surface area contributed by atoms with Gasteiger partial charge in [0.05, 0.1) is 10.3 Å². The number of halogens is 1. The summed E-state index contributed by atoms with van der Waals surface area (Å²) < 4.78 is 32.5. The van der Waals surface area contributed by atoms with Gasteiger partial charge >= 0.3 is 0 Å². The summed E-state index contributed by atoms with van der Waals surface area (Å²) in [5.74, 6) is 0.513. The third-order valence-electron chi connectivity index (χ3n) is 4.92. The van der Waals surface area contributed by atoms with Crippen LogP contribution in [0.25, 0.3) is 11.1 Å². The van der Waals surface area contributed by atoms with Crippen molar-refractivity contribution >= 4 is 32.5 Å². The van der Waals surface area contributed by atoms with Crippen LogP contribution in [-0.4, -0.2) is 43.7 Å². The molecule has 0 spiro atoms. The first-order chi connectivity index (χ1) is 11.5. The first-order valence-electron chi connectivity index (χ1n) is 8.51. The molecule has 0 bridgehead atoms. The van der Waals surface area contributed by atoms with Crippen molar-refractivity contribution in [2.75, 3.05) is 14.1 Å². The molecule has 1 aliphatic carbocycles. The molecule has 1 heterocycles. The van der Waals surface area contributed by atoms with E-state index in [0.717, 1.165) is 6.42 Å². The van der Waals surface area contributed by atoms with E-state index in [0.29, 0.717) is 24.2 Å². The maximum Gasteiger partial charge on any atom is 0.200 e. The van der Waals surface area contributed by atoms with E-state index >= 15 is 0 Å². The van der Waals surface area contributed by atoms with Crippen molar-refractivity contribution < 1.29 is 12.8 Å². The standard InChI is InChI=1S/C18H25ClN2O3S/c1-18(2,3)17-20-14-9-8-13(19)16(15(14)24-17)25(22,23)12-7-6-11(10-12)21(4)5/h8-9,11-12H,6-7,10H2,1-5H3. The first-order valence-corrected chi connectivity index (χ1v) is 10.4. The average molecular weight is 385 g/mol. The van der Waals surface area contributed by atoms with Crippen molar-refractivity contribution in [3.05, 3.63) is 23.0 Å². The van der Waals surface area contributed by atoms with E-state index < -0.39 is 15.1 Å². The largest absolute Gasteiger partial charge is 0.439 e. The maximum atomic E-state index is 13.3. The van der Waals surface area contributed by atoms with Gasteiger partial charge < -0.3 is 9.32 Å². The Kier molecular flexibility index (Phi) is 4.67. The number of nitrogens with zero attached hydrogens (tertiary/aromatic N) is 2. The Morgan fingerprint density at radius 1 is 1.24 bits per heavy atom. The Labute approximate surface area is 154 Å². The lowest BCUT2D eigenvalue weighted by molar-refractivity contribution is 0.299. The SMILES string of the molecule is CN(C)C1CCC(S(=O)(=O)c2c(Cl)ccc3nc(C(C)(C)C)oc23)C1. The number of sulfone groups is 1. The zero-order chi connectivity index (χ0) is 18.6. The molecule has 138 valence electrons. The topological polar surface area (TPSA) is 63.4 Å². The van der Waals surface area contributed by atoms with E-state index in [4.69, 9.17) is 16.0 Å². The molecule has 1 aliphatic rings. The molecular weight excluding hydrogens is 360 g/mol. The van der Waals surface area contributed by atoms with Gasteiger partial charge in [-0.05, 0) is 45.5 Å². The molecule has 0 saturated heterocycles. The average Bonchev–Trinajstić information content (AvgIpc) is 3.13. The summed E-state index contributed by atoms with van der Waals surface area (Å²) in [5.41, 5.74) is 0.511. The first kappa shape index (κ1) is 18.7. The molecule has 1 saturated carbocycles. The summed E-state index contributed by atoms with van der Waals surface area (Å²) >= 11 is 6.31. The van der Waals surface area contributed by atoms with Crippen LogP contribution in [0, 0.1) is 0 Å². The summed E-state index contributed by atoms with van der Waals surface area (Å²) in [5, 5.41) is -0.233. The molecule has 2 atom stereocenters. The Hall–Kier alpha value is -1.11. The number of fused-ring (bicyclic) bond motifs is 1. The van der Waals surface area contributed by atoms with Crippen LogP contribution in [0.3, 0.4) is 0 Å². The lowest BCUT2D eigenvalue weighted by Gasteiger charge is -2.19. The Morgan fingerprint density at radius 3 is 2.48 bits per heavy atom. The highest BCUT2D eigenvalue weighted by Crippen LogP contribution is 2.39. The minimum absolute atomic E-state index is 0.0964. The highest BCUT2D eigenvalue weighted by atomic mass is 35.5. The summed E-state index contributed by atoms with van der Waals surface area (Å²) in [6.45, 7) is 5.93. The molecule has 0 N–H and O–H groups in total. The molecule has 25 heavy (non-hydrogen) atoms. The van der Waals surface area contributed by atoms with Crippen molar-refractivity contribution in [2.24, 2.45) is 0 Å². The van der Waals surface area contributed by atoms with E-state index in [-0.39, 0.29) is 27.0 Å². The van der Waals surface area contributed by atoms with Gasteiger partial charge in [-0.25, -0.2) is 13.4 Å². The highest BCUT2D eigenvalue weighted by Gasteiger charge is 2.39. The molecule has 7 heteroatoms. The van der Waals surface area contributed by atoms with Gasteiger partial charge in [0.25, 0.3) is 0 Å². The summed E-state index contributed by atoms with van der Waals surface area (Å²) in [6, 6.07) is 3.59. The molecule has 1 aromatic carbocycles. The second-order valence-electron chi connectivity index (χ2n) is 8.09. The van der Waals surface area contributed by atoms with Gasteiger partial charge in [0.1, 0.15) is 10.4 Å². The zero-order valence-electron chi connectivity index (χ0n) is 15.3. The smallest absolute Gasteiger partial charge is 0.200 e. The molecule has 0 aliphatic heterocycles. The molecule has 1 aromatic heterocycles. The fourth-order valence-electron chi connectivity index (χ4n) is 3.36. The van der Waals surface area contributed by atoms with Gasteiger partial charge in [-0.2, -0.15) is 0 Å².